The van der Waals surface area contributed by atoms with Crippen molar-refractivity contribution in [2.75, 3.05) is 14.1 Å². The summed E-state index contributed by atoms with van der Waals surface area (Å²) in [6.07, 6.45) is 3.99. The number of halogens is 2. The highest BCUT2D eigenvalue weighted by Gasteiger charge is 2.21. The molecule has 150 valence electrons. The van der Waals surface area contributed by atoms with E-state index in [0.717, 1.165) is 17.1 Å². The molecule has 29 heavy (non-hydrogen) atoms. The Labute approximate surface area is 173 Å². The van der Waals surface area contributed by atoms with Crippen LogP contribution in [0.5, 0.6) is 0 Å². The molecule has 0 spiro atoms. The van der Waals surface area contributed by atoms with Gasteiger partial charge in [0.1, 0.15) is 11.7 Å². The number of amidine groups is 1. The first-order valence-corrected chi connectivity index (χ1v) is 9.36. The summed E-state index contributed by atoms with van der Waals surface area (Å²) in [6.45, 7) is 6.10. The van der Waals surface area contributed by atoms with Gasteiger partial charge in [-0.3, -0.25) is 9.98 Å². The summed E-state index contributed by atoms with van der Waals surface area (Å²) in [6, 6.07) is 7.98. The molecule has 1 atom stereocenters. The zero-order valence-corrected chi connectivity index (χ0v) is 17.2. The molecule has 0 saturated carbocycles. The second-order valence-electron chi connectivity index (χ2n) is 6.57. The maximum absolute atomic E-state index is 14.1. The molecule has 3 rings (SSSR count). The minimum Gasteiger partial charge on any atom is -0.334 e. The summed E-state index contributed by atoms with van der Waals surface area (Å²) < 4.78 is 19.3. The lowest BCUT2D eigenvalue weighted by molar-refractivity contribution is 0.415. The zero-order chi connectivity index (χ0) is 21.0. The summed E-state index contributed by atoms with van der Waals surface area (Å²) in [5.74, 6) is 0.780. The van der Waals surface area contributed by atoms with Gasteiger partial charge in [0.05, 0.1) is 5.56 Å². The standard InChI is InChI=1S/C21H21ClFN5O/c1-13(11-19(24-3)28(4)14(2)15-7-9-25-10-8-15)20-26-21(29-27-20)17-12-16(22)5-6-18(17)23/h5-10,12-13H,2,11H2,1,3-4H3/b24-19-. The summed E-state index contributed by atoms with van der Waals surface area (Å²) in [4.78, 5) is 14.7. The molecule has 0 amide bonds. The minimum absolute atomic E-state index is 0.0939. The largest absolute Gasteiger partial charge is 0.334 e. The van der Waals surface area contributed by atoms with Crippen LogP contribution in [0.15, 0.2) is 58.8 Å². The Balaban J connectivity index is 1.75. The SMILES string of the molecule is C=C(c1ccncc1)N(C)/C(CC(C)c1noc(-c2cc(Cl)ccc2F)n1)=N\C. The van der Waals surface area contributed by atoms with Crippen molar-refractivity contribution in [2.24, 2.45) is 4.99 Å². The number of aromatic nitrogens is 3. The average Bonchev–Trinajstić information content (AvgIpc) is 3.23. The molecule has 0 saturated heterocycles. The van der Waals surface area contributed by atoms with E-state index < -0.39 is 5.82 Å². The number of hydrogen-bond acceptors (Lipinski definition) is 5. The van der Waals surface area contributed by atoms with Crippen LogP contribution >= 0.6 is 11.6 Å². The lowest BCUT2D eigenvalue weighted by Crippen LogP contribution is -2.26. The van der Waals surface area contributed by atoms with E-state index in [0.29, 0.717) is 17.3 Å². The molecule has 1 aromatic carbocycles. The fraction of sp³-hybridized carbons (Fsp3) is 0.238. The van der Waals surface area contributed by atoms with Crippen LogP contribution in [0.4, 0.5) is 4.39 Å². The van der Waals surface area contributed by atoms with Crippen LogP contribution in [0.2, 0.25) is 5.02 Å². The molecule has 0 aliphatic heterocycles. The van der Waals surface area contributed by atoms with Gasteiger partial charge in [-0.25, -0.2) is 4.39 Å². The molecule has 0 bridgehead atoms. The van der Waals surface area contributed by atoms with Gasteiger partial charge in [0.2, 0.25) is 0 Å². The van der Waals surface area contributed by atoms with Gasteiger partial charge >= 0.3 is 0 Å². The predicted octanol–water partition coefficient (Wildman–Crippen LogP) is 5.05. The van der Waals surface area contributed by atoms with E-state index in [1.54, 1.807) is 19.4 Å². The molecule has 1 unspecified atom stereocenters. The first kappa shape index (κ1) is 20.7. The molecule has 0 fully saturated rings. The Kier molecular flexibility index (Phi) is 6.39. The molecule has 3 aromatic rings. The molecule has 2 aromatic heterocycles. The third kappa shape index (κ3) is 4.68. The molecular formula is C21H21ClFN5O. The van der Waals surface area contributed by atoms with Gasteiger partial charge in [0, 0.05) is 55.1 Å². The van der Waals surface area contributed by atoms with Crippen LogP contribution in [-0.2, 0) is 0 Å². The first-order valence-electron chi connectivity index (χ1n) is 8.98. The van der Waals surface area contributed by atoms with E-state index in [1.165, 1.54) is 18.2 Å². The summed E-state index contributed by atoms with van der Waals surface area (Å²) in [7, 11) is 3.63. The Morgan fingerprint density at radius 2 is 2.03 bits per heavy atom. The third-order valence-corrected chi connectivity index (χ3v) is 4.83. The Hall–Kier alpha value is -3.06. The summed E-state index contributed by atoms with van der Waals surface area (Å²) in [5.41, 5.74) is 1.93. The van der Waals surface area contributed by atoms with Crippen LogP contribution < -0.4 is 0 Å². The van der Waals surface area contributed by atoms with Crippen molar-refractivity contribution in [3.8, 4) is 11.5 Å². The highest BCUT2D eigenvalue weighted by Crippen LogP contribution is 2.27. The quantitative estimate of drug-likeness (QED) is 0.418. The smallest absolute Gasteiger partial charge is 0.260 e. The second-order valence-corrected chi connectivity index (χ2v) is 7.00. The van der Waals surface area contributed by atoms with Crippen LogP contribution in [0.3, 0.4) is 0 Å². The second kappa shape index (κ2) is 8.96. The van der Waals surface area contributed by atoms with Crippen molar-refractivity contribution in [2.45, 2.75) is 19.3 Å². The molecular weight excluding hydrogens is 393 g/mol. The number of benzene rings is 1. The lowest BCUT2D eigenvalue weighted by Gasteiger charge is -2.24. The number of rotatable bonds is 6. The van der Waals surface area contributed by atoms with Gasteiger partial charge < -0.3 is 9.42 Å². The van der Waals surface area contributed by atoms with Gasteiger partial charge in [-0.2, -0.15) is 4.98 Å². The Bertz CT molecular complexity index is 1030. The summed E-state index contributed by atoms with van der Waals surface area (Å²) >= 11 is 5.95. The molecule has 6 nitrogen and oxygen atoms in total. The van der Waals surface area contributed by atoms with Crippen molar-refractivity contribution in [1.29, 1.82) is 0 Å². The number of hydrogen-bond donors (Lipinski definition) is 0. The van der Waals surface area contributed by atoms with E-state index in [2.05, 4.69) is 26.7 Å². The van der Waals surface area contributed by atoms with Gasteiger partial charge in [-0.05, 0) is 30.3 Å². The molecule has 2 heterocycles. The average molecular weight is 414 g/mol. The predicted molar refractivity (Wildman–Crippen MR) is 112 cm³/mol. The van der Waals surface area contributed by atoms with Gasteiger partial charge in [0.15, 0.2) is 5.82 Å². The normalized spacial score (nSPS) is 12.7. The maximum atomic E-state index is 14.1. The number of pyridine rings is 1. The fourth-order valence-electron chi connectivity index (χ4n) is 2.84. The van der Waals surface area contributed by atoms with Crippen molar-refractivity contribution < 1.29 is 8.91 Å². The molecule has 8 heteroatoms. The van der Waals surface area contributed by atoms with Crippen molar-refractivity contribution in [1.82, 2.24) is 20.0 Å². The number of nitrogens with zero attached hydrogens (tertiary/aromatic N) is 5. The summed E-state index contributed by atoms with van der Waals surface area (Å²) in [5, 5.41) is 4.41. The van der Waals surface area contributed by atoms with Crippen molar-refractivity contribution in [3.05, 3.63) is 71.5 Å². The highest BCUT2D eigenvalue weighted by molar-refractivity contribution is 6.30. The maximum Gasteiger partial charge on any atom is 0.260 e. The van der Waals surface area contributed by atoms with Crippen molar-refractivity contribution in [3.63, 3.8) is 0 Å². The van der Waals surface area contributed by atoms with Crippen LogP contribution in [0, 0.1) is 5.82 Å². The topological polar surface area (TPSA) is 67.4 Å². The van der Waals surface area contributed by atoms with E-state index >= 15 is 0 Å². The fourth-order valence-corrected chi connectivity index (χ4v) is 3.02. The monoisotopic (exact) mass is 413 g/mol. The molecule has 0 aliphatic rings. The first-order chi connectivity index (χ1) is 13.9. The molecule has 0 radical (unpaired) electrons. The molecule has 0 N–H and O–H groups in total. The van der Waals surface area contributed by atoms with E-state index in [-0.39, 0.29) is 17.4 Å². The van der Waals surface area contributed by atoms with Gasteiger partial charge in [0.25, 0.3) is 5.89 Å². The van der Waals surface area contributed by atoms with Crippen LogP contribution in [-0.4, -0.2) is 40.0 Å². The Morgan fingerprint density at radius 1 is 1.31 bits per heavy atom. The Morgan fingerprint density at radius 3 is 2.72 bits per heavy atom. The highest BCUT2D eigenvalue weighted by atomic mass is 35.5. The van der Waals surface area contributed by atoms with Crippen LogP contribution in [0.1, 0.15) is 30.7 Å². The number of aliphatic imine (C=N–C) groups is 1. The zero-order valence-electron chi connectivity index (χ0n) is 16.4. The lowest BCUT2D eigenvalue weighted by atomic mass is 10.1. The van der Waals surface area contributed by atoms with E-state index in [9.17, 15) is 4.39 Å². The van der Waals surface area contributed by atoms with Gasteiger partial charge in [-0.1, -0.05) is 30.3 Å². The minimum atomic E-state index is -0.471. The van der Waals surface area contributed by atoms with E-state index in [4.69, 9.17) is 16.1 Å². The van der Waals surface area contributed by atoms with Crippen LogP contribution in [0.25, 0.3) is 17.2 Å². The van der Waals surface area contributed by atoms with Gasteiger partial charge in [-0.15, -0.1) is 0 Å². The van der Waals surface area contributed by atoms with E-state index in [1.807, 2.05) is 31.0 Å². The molecule has 0 aliphatic carbocycles. The van der Waals surface area contributed by atoms with Crippen molar-refractivity contribution >= 4 is 23.1 Å². The third-order valence-electron chi connectivity index (χ3n) is 4.59.